The average molecular weight is 349 g/mol. The van der Waals surface area contributed by atoms with Gasteiger partial charge >= 0.3 is 0 Å². The Kier molecular flexibility index (Phi) is 5.74. The molecule has 1 atom stereocenters. The van der Waals surface area contributed by atoms with Crippen molar-refractivity contribution in [1.29, 1.82) is 0 Å². The second-order valence-corrected chi connectivity index (χ2v) is 9.01. The molecule has 0 aliphatic carbocycles. The minimum absolute atomic E-state index is 0.0913. The highest BCUT2D eigenvalue weighted by Gasteiger charge is 2.22. The van der Waals surface area contributed by atoms with Gasteiger partial charge in [-0.05, 0) is 6.07 Å². The first kappa shape index (κ1) is 16.1. The summed E-state index contributed by atoms with van der Waals surface area (Å²) in [5.74, 6) is 3.18. The molecule has 0 spiro atoms. The Labute approximate surface area is 133 Å². The van der Waals surface area contributed by atoms with E-state index in [0.717, 1.165) is 17.3 Å². The van der Waals surface area contributed by atoms with E-state index in [-0.39, 0.29) is 9.88 Å². The van der Waals surface area contributed by atoms with Crippen LogP contribution in [0, 0.1) is 0 Å². The smallest absolute Gasteiger partial charge is 0.241 e. The zero-order chi connectivity index (χ0) is 14.6. The van der Waals surface area contributed by atoms with Gasteiger partial charge in [-0.15, -0.1) is 0 Å². The highest BCUT2D eigenvalue weighted by atomic mass is 32.2. The van der Waals surface area contributed by atoms with Gasteiger partial charge in [-0.2, -0.15) is 23.5 Å². The predicted octanol–water partition coefficient (Wildman–Crippen LogP) is 1.45. The molecule has 1 aromatic rings. The molecule has 1 fully saturated rings. The van der Waals surface area contributed by atoms with Crippen LogP contribution in [-0.4, -0.2) is 42.5 Å². The molecule has 8 heteroatoms. The van der Waals surface area contributed by atoms with Crippen molar-refractivity contribution in [2.24, 2.45) is 5.73 Å². The summed E-state index contributed by atoms with van der Waals surface area (Å²) >= 11 is 8.58. The summed E-state index contributed by atoms with van der Waals surface area (Å²) in [5, 5.41) is 0.320. The molecule has 1 unspecified atom stereocenters. The minimum Gasteiger partial charge on any atom is -0.389 e. The molecule has 2 rings (SSSR count). The van der Waals surface area contributed by atoms with Crippen LogP contribution in [0.1, 0.15) is 5.56 Å². The van der Waals surface area contributed by atoms with Gasteiger partial charge in [-0.25, -0.2) is 13.1 Å². The van der Waals surface area contributed by atoms with Crippen LogP contribution in [0.2, 0.25) is 0 Å². The second kappa shape index (κ2) is 7.13. The zero-order valence-electron chi connectivity index (χ0n) is 10.7. The van der Waals surface area contributed by atoms with Gasteiger partial charge in [0.05, 0.1) is 4.90 Å². The fourth-order valence-electron chi connectivity index (χ4n) is 1.84. The van der Waals surface area contributed by atoms with Crippen molar-refractivity contribution < 1.29 is 8.42 Å². The Morgan fingerprint density at radius 2 is 2.15 bits per heavy atom. The van der Waals surface area contributed by atoms with E-state index in [2.05, 4.69) is 4.72 Å². The molecular weight excluding hydrogens is 332 g/mol. The molecule has 110 valence electrons. The summed E-state index contributed by atoms with van der Waals surface area (Å²) in [5.41, 5.74) is 5.97. The SMILES string of the molecule is NC(=S)c1ccccc1S(=O)(=O)NCC1CSCCS1. The third-order valence-electron chi connectivity index (χ3n) is 2.83. The number of nitrogens with one attached hydrogen (secondary N) is 1. The van der Waals surface area contributed by atoms with Crippen LogP contribution in [0.4, 0.5) is 0 Å². The number of nitrogens with two attached hydrogens (primary N) is 1. The number of sulfonamides is 1. The van der Waals surface area contributed by atoms with Crippen molar-refractivity contribution in [2.45, 2.75) is 10.1 Å². The molecule has 4 nitrogen and oxygen atoms in total. The van der Waals surface area contributed by atoms with Crippen LogP contribution in [0.15, 0.2) is 29.2 Å². The topological polar surface area (TPSA) is 72.2 Å². The van der Waals surface area contributed by atoms with E-state index in [9.17, 15) is 8.42 Å². The van der Waals surface area contributed by atoms with Gasteiger partial charge in [0.2, 0.25) is 10.0 Å². The fourth-order valence-corrected chi connectivity index (χ4v) is 6.10. The largest absolute Gasteiger partial charge is 0.389 e. The van der Waals surface area contributed by atoms with Crippen molar-refractivity contribution in [3.05, 3.63) is 29.8 Å². The lowest BCUT2D eigenvalue weighted by Gasteiger charge is -2.21. The van der Waals surface area contributed by atoms with Crippen LogP contribution in [-0.2, 0) is 10.0 Å². The molecule has 0 bridgehead atoms. The minimum atomic E-state index is -3.58. The lowest BCUT2D eigenvalue weighted by molar-refractivity contribution is 0.581. The molecular formula is C12H16N2O2S4. The van der Waals surface area contributed by atoms with Crippen LogP contribution < -0.4 is 10.5 Å². The van der Waals surface area contributed by atoms with Gasteiger partial charge in [0.1, 0.15) is 4.99 Å². The number of rotatable bonds is 5. The van der Waals surface area contributed by atoms with Crippen molar-refractivity contribution >= 4 is 50.8 Å². The van der Waals surface area contributed by atoms with Gasteiger partial charge in [0.25, 0.3) is 0 Å². The summed E-state index contributed by atoms with van der Waals surface area (Å²) in [7, 11) is -3.58. The molecule has 1 heterocycles. The van der Waals surface area contributed by atoms with Crippen molar-refractivity contribution in [3.63, 3.8) is 0 Å². The predicted molar refractivity (Wildman–Crippen MR) is 91.1 cm³/mol. The fraction of sp³-hybridized carbons (Fsp3) is 0.417. The summed E-state index contributed by atoms with van der Waals surface area (Å²) in [4.78, 5) is 0.245. The second-order valence-electron chi connectivity index (χ2n) is 4.28. The van der Waals surface area contributed by atoms with Crippen LogP contribution >= 0.6 is 35.7 Å². The number of hydrogen-bond donors (Lipinski definition) is 2. The van der Waals surface area contributed by atoms with E-state index in [1.165, 1.54) is 6.07 Å². The quantitative estimate of drug-likeness (QED) is 0.785. The van der Waals surface area contributed by atoms with E-state index < -0.39 is 10.0 Å². The average Bonchev–Trinajstić information content (AvgIpc) is 2.46. The van der Waals surface area contributed by atoms with E-state index >= 15 is 0 Å². The summed E-state index contributed by atoms with van der Waals surface area (Å²) in [6.07, 6.45) is 0. The Morgan fingerprint density at radius 1 is 1.40 bits per heavy atom. The third kappa shape index (κ3) is 4.11. The normalized spacial score (nSPS) is 19.7. The molecule has 3 N–H and O–H groups in total. The maximum Gasteiger partial charge on any atom is 0.241 e. The molecule has 1 saturated heterocycles. The van der Waals surface area contributed by atoms with Crippen LogP contribution in [0.25, 0.3) is 0 Å². The monoisotopic (exact) mass is 348 g/mol. The van der Waals surface area contributed by atoms with Crippen LogP contribution in [0.3, 0.4) is 0 Å². The molecule has 0 radical (unpaired) electrons. The lowest BCUT2D eigenvalue weighted by atomic mass is 10.2. The van der Waals surface area contributed by atoms with Crippen LogP contribution in [0.5, 0.6) is 0 Å². The van der Waals surface area contributed by atoms with Crippen molar-refractivity contribution in [3.8, 4) is 0 Å². The molecule has 1 aliphatic heterocycles. The Bertz CT molecular complexity index is 583. The molecule has 1 aliphatic rings. The number of thioether (sulfide) groups is 2. The number of hydrogen-bond acceptors (Lipinski definition) is 5. The highest BCUT2D eigenvalue weighted by molar-refractivity contribution is 8.06. The molecule has 1 aromatic carbocycles. The Balaban J connectivity index is 2.12. The van der Waals surface area contributed by atoms with Crippen molar-refractivity contribution in [2.75, 3.05) is 23.8 Å². The number of thiocarbonyl (C=S) groups is 1. The Hall–Kier alpha value is -0.280. The molecule has 0 saturated carbocycles. The van der Waals surface area contributed by atoms with Gasteiger partial charge in [0.15, 0.2) is 0 Å². The maximum absolute atomic E-state index is 12.4. The zero-order valence-corrected chi connectivity index (χ0v) is 14.0. The van der Waals surface area contributed by atoms with Gasteiger partial charge < -0.3 is 5.73 Å². The standard InChI is InChI=1S/C12H16N2O2S4/c13-12(17)10-3-1-2-4-11(10)20(15,16)14-7-9-8-18-5-6-19-9/h1-4,9,14H,5-8H2,(H2,13,17). The summed E-state index contributed by atoms with van der Waals surface area (Å²) in [6, 6.07) is 6.55. The summed E-state index contributed by atoms with van der Waals surface area (Å²) < 4.78 is 27.4. The van der Waals surface area contributed by atoms with E-state index in [4.69, 9.17) is 18.0 Å². The van der Waals surface area contributed by atoms with E-state index in [0.29, 0.717) is 17.4 Å². The molecule has 0 aromatic heterocycles. The van der Waals surface area contributed by atoms with Gasteiger partial charge in [-0.3, -0.25) is 0 Å². The summed E-state index contributed by atoms with van der Waals surface area (Å²) in [6.45, 7) is 0.436. The molecule has 0 amide bonds. The first-order chi connectivity index (χ1) is 9.50. The molecule has 20 heavy (non-hydrogen) atoms. The van der Waals surface area contributed by atoms with Gasteiger partial charge in [-0.1, -0.05) is 30.4 Å². The lowest BCUT2D eigenvalue weighted by Crippen LogP contribution is -2.34. The van der Waals surface area contributed by atoms with E-state index in [1.807, 2.05) is 23.5 Å². The first-order valence-corrected chi connectivity index (χ1v) is 10.2. The van der Waals surface area contributed by atoms with E-state index in [1.54, 1.807) is 18.2 Å². The highest BCUT2D eigenvalue weighted by Crippen LogP contribution is 2.24. The first-order valence-electron chi connectivity index (χ1n) is 6.08. The maximum atomic E-state index is 12.4. The number of benzene rings is 1. The van der Waals surface area contributed by atoms with Gasteiger partial charge in [0, 0.05) is 34.6 Å². The van der Waals surface area contributed by atoms with Crippen molar-refractivity contribution in [1.82, 2.24) is 4.72 Å². The third-order valence-corrected chi connectivity index (χ3v) is 7.37. The Morgan fingerprint density at radius 3 is 2.80 bits per heavy atom.